The molecule has 0 saturated carbocycles. The van der Waals surface area contributed by atoms with Crippen LogP contribution < -0.4 is 9.47 Å². The van der Waals surface area contributed by atoms with Crippen LogP contribution in [-0.2, 0) is 6.42 Å². The van der Waals surface area contributed by atoms with Gasteiger partial charge >= 0.3 is 0 Å². The van der Waals surface area contributed by atoms with Gasteiger partial charge in [0.15, 0.2) is 17.3 Å². The molecule has 0 amide bonds. The molecule has 0 spiro atoms. The number of thioether (sulfide) groups is 1. The van der Waals surface area contributed by atoms with Gasteiger partial charge < -0.3 is 9.47 Å². The van der Waals surface area contributed by atoms with Crippen molar-refractivity contribution < 1.29 is 14.3 Å². The molecule has 0 fully saturated rings. The minimum atomic E-state index is 0.143. The molecule has 122 valence electrons. The molecule has 4 nitrogen and oxygen atoms in total. The molecule has 0 radical (unpaired) electrons. The van der Waals surface area contributed by atoms with Gasteiger partial charge in [-0.25, -0.2) is 4.98 Å². The first-order chi connectivity index (χ1) is 11.7. The number of benzene rings is 1. The lowest BCUT2D eigenvalue weighted by molar-refractivity contribution is 0.102. The van der Waals surface area contributed by atoms with E-state index in [1.807, 2.05) is 29.6 Å². The summed E-state index contributed by atoms with van der Waals surface area (Å²) >= 11 is 2.98. The lowest BCUT2D eigenvalue weighted by atomic mass is 10.1. The summed E-state index contributed by atoms with van der Waals surface area (Å²) in [5, 5.41) is 3.87. The van der Waals surface area contributed by atoms with Crippen molar-refractivity contribution in [2.45, 2.75) is 18.4 Å². The van der Waals surface area contributed by atoms with E-state index >= 15 is 0 Å². The van der Waals surface area contributed by atoms with Crippen LogP contribution in [0, 0.1) is 0 Å². The Morgan fingerprint density at radius 1 is 1.29 bits per heavy atom. The Labute approximate surface area is 147 Å². The van der Waals surface area contributed by atoms with Crippen molar-refractivity contribution in [3.05, 3.63) is 46.2 Å². The normalized spacial score (nSPS) is 12.7. The first kappa shape index (κ1) is 15.5. The number of ketones is 1. The number of rotatable bonds is 5. The fourth-order valence-corrected chi connectivity index (χ4v) is 4.34. The largest absolute Gasteiger partial charge is 0.454 e. The van der Waals surface area contributed by atoms with Crippen LogP contribution in [0.3, 0.4) is 0 Å². The Hall–Kier alpha value is -2.05. The van der Waals surface area contributed by atoms with Crippen LogP contribution in [0.25, 0.3) is 10.9 Å². The summed E-state index contributed by atoms with van der Waals surface area (Å²) < 4.78 is 10.9. The van der Waals surface area contributed by atoms with Crippen LogP contribution in [-0.4, -0.2) is 23.3 Å². The monoisotopic (exact) mass is 357 g/mol. The van der Waals surface area contributed by atoms with Crippen LogP contribution in [0.4, 0.5) is 0 Å². The first-order valence-electron chi connectivity index (χ1n) is 7.67. The first-order valence-corrected chi connectivity index (χ1v) is 9.54. The average Bonchev–Trinajstić information content (AvgIpc) is 3.27. The maximum absolute atomic E-state index is 12.2. The number of ether oxygens (including phenoxy) is 2. The van der Waals surface area contributed by atoms with Gasteiger partial charge in [-0.1, -0.05) is 24.8 Å². The molecule has 0 saturated heterocycles. The molecular formula is C18H15NO3S2. The van der Waals surface area contributed by atoms with E-state index in [2.05, 4.69) is 13.0 Å². The van der Waals surface area contributed by atoms with Crippen LogP contribution in [0.1, 0.15) is 22.2 Å². The average molecular weight is 357 g/mol. The van der Waals surface area contributed by atoms with Crippen molar-refractivity contribution in [3.63, 3.8) is 0 Å². The molecule has 6 heteroatoms. The van der Waals surface area contributed by atoms with Crippen molar-refractivity contribution in [3.8, 4) is 11.5 Å². The predicted molar refractivity (Wildman–Crippen MR) is 96.6 cm³/mol. The number of hydrogen-bond acceptors (Lipinski definition) is 6. The van der Waals surface area contributed by atoms with Crippen LogP contribution in [0.15, 0.2) is 40.7 Å². The van der Waals surface area contributed by atoms with Gasteiger partial charge in [-0.05, 0) is 35.6 Å². The van der Waals surface area contributed by atoms with E-state index in [0.717, 1.165) is 44.3 Å². The second kappa shape index (κ2) is 6.45. The Balaban J connectivity index is 1.64. The third kappa shape index (κ3) is 2.87. The fraction of sp³-hybridized carbons (Fsp3) is 0.222. The molecule has 2 aromatic heterocycles. The molecule has 0 atom stereocenters. The lowest BCUT2D eigenvalue weighted by Crippen LogP contribution is -2.01. The second-order valence-corrected chi connectivity index (χ2v) is 7.31. The van der Waals surface area contributed by atoms with E-state index < -0.39 is 0 Å². The highest BCUT2D eigenvalue weighted by Crippen LogP contribution is 2.37. The number of pyridine rings is 1. The van der Waals surface area contributed by atoms with E-state index in [-0.39, 0.29) is 12.6 Å². The predicted octanol–water partition coefficient (Wildman–Crippen LogP) is 4.56. The molecule has 1 aliphatic rings. The van der Waals surface area contributed by atoms with Crippen LogP contribution >= 0.6 is 23.1 Å². The molecular weight excluding hydrogens is 342 g/mol. The quantitative estimate of drug-likeness (QED) is 0.495. The molecule has 4 rings (SSSR count). The number of fused-ring (bicyclic) bond motifs is 2. The SMILES string of the molecule is CCc1cc2cc3c(cc2nc1SCC(=O)c1cccs1)OCO3. The maximum atomic E-state index is 12.2. The van der Waals surface area contributed by atoms with E-state index in [0.29, 0.717) is 5.75 Å². The lowest BCUT2D eigenvalue weighted by Gasteiger charge is -2.09. The molecule has 0 unspecified atom stereocenters. The molecule has 0 bridgehead atoms. The third-order valence-corrected chi connectivity index (χ3v) is 5.81. The van der Waals surface area contributed by atoms with E-state index in [1.54, 1.807) is 0 Å². The number of aromatic nitrogens is 1. The van der Waals surface area contributed by atoms with Crippen molar-refractivity contribution in [2.75, 3.05) is 12.5 Å². The maximum Gasteiger partial charge on any atom is 0.231 e. The van der Waals surface area contributed by atoms with Crippen molar-refractivity contribution in [2.24, 2.45) is 0 Å². The highest BCUT2D eigenvalue weighted by Gasteiger charge is 2.17. The summed E-state index contributed by atoms with van der Waals surface area (Å²) in [5.74, 6) is 2.03. The van der Waals surface area contributed by atoms with Gasteiger partial charge in [-0.2, -0.15) is 0 Å². The summed E-state index contributed by atoms with van der Waals surface area (Å²) in [6, 6.07) is 9.76. The van der Waals surface area contributed by atoms with Crippen molar-refractivity contribution >= 4 is 39.8 Å². The number of Topliss-reactive ketones (excluding diaryl/α,β-unsaturated/α-hetero) is 1. The molecule has 24 heavy (non-hydrogen) atoms. The number of carbonyl (C=O) groups is 1. The molecule has 0 aliphatic carbocycles. The molecule has 1 aliphatic heterocycles. The molecule has 0 N–H and O–H groups in total. The minimum absolute atomic E-state index is 0.143. The summed E-state index contributed by atoms with van der Waals surface area (Å²) in [6.07, 6.45) is 0.868. The molecule has 3 aromatic rings. The fourth-order valence-electron chi connectivity index (χ4n) is 2.61. The number of thiophene rings is 1. The highest BCUT2D eigenvalue weighted by atomic mass is 32.2. The number of carbonyl (C=O) groups excluding carboxylic acids is 1. The van der Waals surface area contributed by atoms with E-state index in [9.17, 15) is 4.79 Å². The van der Waals surface area contributed by atoms with Crippen LogP contribution in [0.2, 0.25) is 0 Å². The Morgan fingerprint density at radius 3 is 2.88 bits per heavy atom. The minimum Gasteiger partial charge on any atom is -0.454 e. The van der Waals surface area contributed by atoms with E-state index in [1.165, 1.54) is 23.1 Å². The zero-order valence-electron chi connectivity index (χ0n) is 13.1. The zero-order valence-corrected chi connectivity index (χ0v) is 14.7. The van der Waals surface area contributed by atoms with E-state index in [4.69, 9.17) is 14.5 Å². The smallest absolute Gasteiger partial charge is 0.231 e. The summed E-state index contributed by atoms with van der Waals surface area (Å²) in [6.45, 7) is 2.35. The summed E-state index contributed by atoms with van der Waals surface area (Å²) in [5.41, 5.74) is 2.01. The highest BCUT2D eigenvalue weighted by molar-refractivity contribution is 8.00. The second-order valence-electron chi connectivity index (χ2n) is 5.39. The number of hydrogen-bond donors (Lipinski definition) is 0. The van der Waals surface area contributed by atoms with Gasteiger partial charge in [0, 0.05) is 11.5 Å². The summed E-state index contributed by atoms with van der Waals surface area (Å²) in [4.78, 5) is 17.8. The molecule has 3 heterocycles. The number of nitrogens with zero attached hydrogens (tertiary/aromatic N) is 1. The van der Waals surface area contributed by atoms with Gasteiger partial charge in [0.05, 0.1) is 16.1 Å². The zero-order chi connectivity index (χ0) is 16.5. The van der Waals surface area contributed by atoms with Crippen molar-refractivity contribution in [1.82, 2.24) is 4.98 Å². The Kier molecular flexibility index (Phi) is 4.16. The molecule has 1 aromatic carbocycles. The van der Waals surface area contributed by atoms with Gasteiger partial charge in [0.25, 0.3) is 0 Å². The van der Waals surface area contributed by atoms with Gasteiger partial charge in [-0.3, -0.25) is 4.79 Å². The van der Waals surface area contributed by atoms with Crippen molar-refractivity contribution in [1.29, 1.82) is 0 Å². The van der Waals surface area contributed by atoms with Gasteiger partial charge in [0.2, 0.25) is 6.79 Å². The Morgan fingerprint density at radius 2 is 2.12 bits per heavy atom. The van der Waals surface area contributed by atoms with Crippen LogP contribution in [0.5, 0.6) is 11.5 Å². The standard InChI is InChI=1S/C18H15NO3S2/c1-2-11-6-12-7-15-16(22-10-21-15)8-13(12)19-18(11)24-9-14(20)17-4-3-5-23-17/h3-8H,2,9-10H2,1H3. The summed E-state index contributed by atoms with van der Waals surface area (Å²) in [7, 11) is 0. The topological polar surface area (TPSA) is 48.4 Å². The number of aryl methyl sites for hydroxylation is 1. The van der Waals surface area contributed by atoms with Gasteiger partial charge in [-0.15, -0.1) is 11.3 Å². The van der Waals surface area contributed by atoms with Gasteiger partial charge in [0.1, 0.15) is 5.03 Å². The third-order valence-electron chi connectivity index (χ3n) is 3.87. The Bertz CT molecular complexity index is 906.